The number of carbonyl (C=O) groups is 3. The maximum absolute atomic E-state index is 11.7. The number of ether oxygens (including phenoxy) is 3. The Bertz CT molecular complexity index is 425. The summed E-state index contributed by atoms with van der Waals surface area (Å²) >= 11 is 12.3. The third-order valence-electron chi connectivity index (χ3n) is 2.99. The van der Waals surface area contributed by atoms with Gasteiger partial charge in [-0.2, -0.15) is 37.9 Å². The number of hydrogen-bond donors (Lipinski definition) is 3. The highest BCUT2D eigenvalue weighted by molar-refractivity contribution is 7.81. The number of rotatable bonds is 11. The second-order valence-electron chi connectivity index (χ2n) is 6.52. The summed E-state index contributed by atoms with van der Waals surface area (Å²) < 4.78 is 15.6. The Morgan fingerprint density at radius 2 is 1.16 bits per heavy atom. The van der Waals surface area contributed by atoms with Gasteiger partial charge in [0.05, 0.1) is 23.5 Å². The van der Waals surface area contributed by atoms with Crippen LogP contribution in [0.1, 0.15) is 40.5 Å². The molecule has 0 fully saturated rings. The Labute approximate surface area is 166 Å². The zero-order valence-electron chi connectivity index (χ0n) is 15.1. The van der Waals surface area contributed by atoms with E-state index in [1.165, 1.54) is 0 Å². The number of thiol groups is 3. The van der Waals surface area contributed by atoms with Crippen LogP contribution in [0.5, 0.6) is 0 Å². The average molecular weight is 413 g/mol. The summed E-state index contributed by atoms with van der Waals surface area (Å²) in [6.45, 7) is 6.68. The molecule has 0 N–H and O–H groups in total. The van der Waals surface area contributed by atoms with Crippen LogP contribution in [-0.4, -0.2) is 53.5 Å². The highest BCUT2D eigenvalue weighted by Crippen LogP contribution is 2.20. The van der Waals surface area contributed by atoms with Gasteiger partial charge in [-0.05, 0) is 13.8 Å². The van der Waals surface area contributed by atoms with Crippen LogP contribution in [0.15, 0.2) is 0 Å². The van der Waals surface area contributed by atoms with Crippen molar-refractivity contribution < 1.29 is 28.6 Å². The number of esters is 3. The van der Waals surface area contributed by atoms with Crippen LogP contribution in [0.4, 0.5) is 0 Å². The van der Waals surface area contributed by atoms with Crippen LogP contribution in [0, 0.1) is 5.41 Å². The molecule has 0 aliphatic heterocycles. The Morgan fingerprint density at radius 1 is 0.800 bits per heavy atom. The predicted octanol–water partition coefficient (Wildman–Crippen LogP) is 2.36. The molecule has 0 aliphatic carbocycles. The highest BCUT2D eigenvalue weighted by Gasteiger charge is 2.31. The van der Waals surface area contributed by atoms with Crippen molar-refractivity contribution in [2.45, 2.75) is 56.3 Å². The van der Waals surface area contributed by atoms with Crippen LogP contribution in [0.3, 0.4) is 0 Å². The third-order valence-corrected chi connectivity index (χ3v) is 3.57. The highest BCUT2D eigenvalue weighted by atomic mass is 32.1. The molecule has 0 saturated carbocycles. The molecular formula is C16H28O6S3. The van der Waals surface area contributed by atoms with Crippen LogP contribution in [0.25, 0.3) is 0 Å². The maximum atomic E-state index is 11.7. The van der Waals surface area contributed by atoms with Crippen molar-refractivity contribution in [3.05, 3.63) is 0 Å². The van der Waals surface area contributed by atoms with E-state index >= 15 is 0 Å². The van der Waals surface area contributed by atoms with Gasteiger partial charge in [0.25, 0.3) is 0 Å². The molecule has 25 heavy (non-hydrogen) atoms. The number of carbonyl (C=O) groups excluding carboxylic acids is 3. The smallest absolute Gasteiger partial charge is 0.318 e. The van der Waals surface area contributed by atoms with Gasteiger partial charge in [0, 0.05) is 10.5 Å². The largest absolute Gasteiger partial charge is 0.465 e. The van der Waals surface area contributed by atoms with E-state index in [2.05, 4.69) is 37.9 Å². The summed E-state index contributed by atoms with van der Waals surface area (Å²) in [5, 5.41) is -0.836. The van der Waals surface area contributed by atoms with Crippen molar-refractivity contribution in [1.82, 2.24) is 0 Å². The van der Waals surface area contributed by atoms with Crippen LogP contribution < -0.4 is 0 Å². The first kappa shape index (κ1) is 24.5. The van der Waals surface area contributed by atoms with Gasteiger partial charge in [-0.3, -0.25) is 14.4 Å². The van der Waals surface area contributed by atoms with Gasteiger partial charge in [-0.15, -0.1) is 0 Å². The van der Waals surface area contributed by atoms with Crippen LogP contribution >= 0.6 is 37.9 Å². The SMILES string of the molecule is CC(S)CC(=O)OCC(C)(COC(=O)CC(C)S)COC(=O)C(C)S. The van der Waals surface area contributed by atoms with E-state index in [1.807, 2.05) is 0 Å². The molecule has 9 heteroatoms. The number of hydrogen-bond acceptors (Lipinski definition) is 9. The normalized spacial score (nSPS) is 16.9. The first-order chi connectivity index (χ1) is 11.4. The van der Waals surface area contributed by atoms with E-state index in [0.717, 1.165) is 0 Å². The lowest BCUT2D eigenvalue weighted by atomic mass is 9.94. The molecule has 3 unspecified atom stereocenters. The molecular weight excluding hydrogens is 384 g/mol. The minimum atomic E-state index is -0.858. The Hall–Kier alpha value is -0.540. The molecule has 0 saturated heterocycles. The molecule has 146 valence electrons. The van der Waals surface area contributed by atoms with Crippen molar-refractivity contribution in [3.8, 4) is 0 Å². The fraction of sp³-hybridized carbons (Fsp3) is 0.812. The van der Waals surface area contributed by atoms with E-state index in [9.17, 15) is 14.4 Å². The standard InChI is InChI=1S/C16H28O6S3/c1-10(23)5-13(17)20-7-16(4,9-22-15(19)12(3)25)8-21-14(18)6-11(2)24/h10-12,23-25H,5-9H2,1-4H3. The fourth-order valence-electron chi connectivity index (χ4n) is 1.60. The third kappa shape index (κ3) is 12.4. The lowest BCUT2D eigenvalue weighted by Crippen LogP contribution is -2.38. The first-order valence-corrected chi connectivity index (χ1v) is 9.52. The van der Waals surface area contributed by atoms with Crippen molar-refractivity contribution in [1.29, 1.82) is 0 Å². The summed E-state index contributed by atoms with van der Waals surface area (Å²) in [5.74, 6) is -1.34. The van der Waals surface area contributed by atoms with Crippen LogP contribution in [0.2, 0.25) is 0 Å². The van der Waals surface area contributed by atoms with Gasteiger partial charge in [-0.25, -0.2) is 0 Å². The molecule has 0 rings (SSSR count). The Kier molecular flexibility index (Phi) is 11.7. The van der Waals surface area contributed by atoms with E-state index < -0.39 is 28.6 Å². The molecule has 3 atom stereocenters. The van der Waals surface area contributed by atoms with Gasteiger partial charge >= 0.3 is 17.9 Å². The molecule has 0 amide bonds. The summed E-state index contributed by atoms with van der Waals surface area (Å²) in [4.78, 5) is 35.1. The van der Waals surface area contributed by atoms with Crippen molar-refractivity contribution in [2.75, 3.05) is 19.8 Å². The zero-order chi connectivity index (χ0) is 19.6. The lowest BCUT2D eigenvalue weighted by molar-refractivity contribution is -0.160. The quantitative estimate of drug-likeness (QED) is 0.275. The molecule has 0 spiro atoms. The summed E-state index contributed by atoms with van der Waals surface area (Å²) in [7, 11) is 0. The molecule has 0 radical (unpaired) electrons. The molecule has 0 aromatic rings. The van der Waals surface area contributed by atoms with Gasteiger partial charge < -0.3 is 14.2 Å². The summed E-state index contributed by atoms with van der Waals surface area (Å²) in [6.07, 6.45) is 0.313. The van der Waals surface area contributed by atoms with E-state index in [4.69, 9.17) is 14.2 Å². The summed E-state index contributed by atoms with van der Waals surface area (Å²) in [5.41, 5.74) is -0.858. The first-order valence-electron chi connectivity index (χ1n) is 7.97. The Morgan fingerprint density at radius 3 is 1.48 bits per heavy atom. The predicted molar refractivity (Wildman–Crippen MR) is 106 cm³/mol. The maximum Gasteiger partial charge on any atom is 0.318 e. The molecule has 6 nitrogen and oxygen atoms in total. The lowest BCUT2D eigenvalue weighted by Gasteiger charge is -2.28. The second-order valence-corrected chi connectivity index (χ2v) is 9.06. The summed E-state index contributed by atoms with van der Waals surface area (Å²) in [6, 6.07) is 0. The fourth-order valence-corrected chi connectivity index (χ4v) is 1.97. The molecule has 0 bridgehead atoms. The van der Waals surface area contributed by atoms with E-state index in [1.54, 1.807) is 27.7 Å². The molecule has 0 aliphatic rings. The van der Waals surface area contributed by atoms with E-state index in [-0.39, 0.29) is 43.2 Å². The zero-order valence-corrected chi connectivity index (χ0v) is 17.7. The van der Waals surface area contributed by atoms with Gasteiger partial charge in [0.1, 0.15) is 19.8 Å². The van der Waals surface area contributed by atoms with Crippen LogP contribution in [-0.2, 0) is 28.6 Å². The average Bonchev–Trinajstić information content (AvgIpc) is 2.47. The monoisotopic (exact) mass is 412 g/mol. The van der Waals surface area contributed by atoms with Crippen molar-refractivity contribution in [3.63, 3.8) is 0 Å². The minimum Gasteiger partial charge on any atom is -0.465 e. The van der Waals surface area contributed by atoms with Crippen molar-refractivity contribution in [2.24, 2.45) is 5.41 Å². The van der Waals surface area contributed by atoms with Gasteiger partial charge in [0.2, 0.25) is 0 Å². The van der Waals surface area contributed by atoms with Gasteiger partial charge in [-0.1, -0.05) is 13.8 Å². The topological polar surface area (TPSA) is 78.9 Å². The molecule has 0 heterocycles. The minimum absolute atomic E-state index is 0.0513. The molecule has 0 aromatic heterocycles. The van der Waals surface area contributed by atoms with E-state index in [0.29, 0.717) is 0 Å². The molecule has 0 aromatic carbocycles. The second kappa shape index (κ2) is 12.0. The Balaban J connectivity index is 4.75. The van der Waals surface area contributed by atoms with Gasteiger partial charge in [0.15, 0.2) is 0 Å². The van der Waals surface area contributed by atoms with Crippen molar-refractivity contribution >= 4 is 55.8 Å².